The second kappa shape index (κ2) is 6.81. The standard InChI is InChI=1S/C12H22N2O/c1-3-11(9-15-2)14-12-7-5-4-6-10(12)8-13/h10-12,14H,3-7,9H2,1-2H3. The highest BCUT2D eigenvalue weighted by Crippen LogP contribution is 2.24. The molecular formula is C12H22N2O. The van der Waals surface area contributed by atoms with Crippen LogP contribution in [0.25, 0.3) is 0 Å². The van der Waals surface area contributed by atoms with Crippen LogP contribution in [0.5, 0.6) is 0 Å². The van der Waals surface area contributed by atoms with Gasteiger partial charge in [0.25, 0.3) is 0 Å². The van der Waals surface area contributed by atoms with Crippen molar-refractivity contribution in [2.45, 2.75) is 51.1 Å². The number of nitrogens with one attached hydrogen (secondary N) is 1. The van der Waals surface area contributed by atoms with E-state index in [2.05, 4.69) is 18.3 Å². The Morgan fingerprint density at radius 1 is 1.47 bits per heavy atom. The molecule has 1 rings (SSSR count). The molecule has 1 saturated carbocycles. The Hall–Kier alpha value is -0.590. The summed E-state index contributed by atoms with van der Waals surface area (Å²) in [6, 6.07) is 3.20. The number of methoxy groups -OCH3 is 1. The van der Waals surface area contributed by atoms with Crippen LogP contribution >= 0.6 is 0 Å². The number of hydrogen-bond acceptors (Lipinski definition) is 3. The number of hydrogen-bond donors (Lipinski definition) is 1. The fraction of sp³-hybridized carbons (Fsp3) is 0.917. The smallest absolute Gasteiger partial charge is 0.0672 e. The summed E-state index contributed by atoms with van der Waals surface area (Å²) in [5.41, 5.74) is 0. The summed E-state index contributed by atoms with van der Waals surface area (Å²) in [4.78, 5) is 0. The van der Waals surface area contributed by atoms with Crippen molar-refractivity contribution in [2.75, 3.05) is 13.7 Å². The Kier molecular flexibility index (Phi) is 5.67. The van der Waals surface area contributed by atoms with Crippen molar-refractivity contribution < 1.29 is 4.74 Å². The van der Waals surface area contributed by atoms with Crippen molar-refractivity contribution in [3.8, 4) is 6.07 Å². The average Bonchev–Trinajstić information content (AvgIpc) is 2.29. The predicted molar refractivity (Wildman–Crippen MR) is 60.4 cm³/mol. The van der Waals surface area contributed by atoms with E-state index >= 15 is 0 Å². The lowest BCUT2D eigenvalue weighted by Crippen LogP contribution is -2.45. The monoisotopic (exact) mass is 210 g/mol. The fourth-order valence-electron chi connectivity index (χ4n) is 2.27. The first-order valence-electron chi connectivity index (χ1n) is 5.96. The third-order valence-electron chi connectivity index (χ3n) is 3.24. The van der Waals surface area contributed by atoms with Gasteiger partial charge in [0.1, 0.15) is 0 Å². The summed E-state index contributed by atoms with van der Waals surface area (Å²) in [6.45, 7) is 2.89. The molecule has 0 heterocycles. The van der Waals surface area contributed by atoms with Crippen LogP contribution in [-0.4, -0.2) is 25.8 Å². The molecule has 1 fully saturated rings. The van der Waals surface area contributed by atoms with Gasteiger partial charge in [0, 0.05) is 19.2 Å². The van der Waals surface area contributed by atoms with Gasteiger partial charge in [-0.15, -0.1) is 0 Å². The second-order valence-corrected chi connectivity index (χ2v) is 4.35. The Morgan fingerprint density at radius 3 is 2.80 bits per heavy atom. The van der Waals surface area contributed by atoms with Crippen LogP contribution in [0, 0.1) is 17.2 Å². The molecule has 1 aliphatic carbocycles. The molecule has 86 valence electrons. The number of nitriles is 1. The number of rotatable bonds is 5. The average molecular weight is 210 g/mol. The maximum atomic E-state index is 9.06. The zero-order chi connectivity index (χ0) is 11.1. The van der Waals surface area contributed by atoms with Gasteiger partial charge in [-0.25, -0.2) is 0 Å². The van der Waals surface area contributed by atoms with Crippen LogP contribution in [0.1, 0.15) is 39.0 Å². The van der Waals surface area contributed by atoms with Gasteiger partial charge in [0.2, 0.25) is 0 Å². The van der Waals surface area contributed by atoms with Gasteiger partial charge < -0.3 is 10.1 Å². The molecule has 0 saturated heterocycles. The Balaban J connectivity index is 2.43. The van der Waals surface area contributed by atoms with Gasteiger partial charge in [-0.05, 0) is 19.3 Å². The molecule has 0 aromatic rings. The highest BCUT2D eigenvalue weighted by Gasteiger charge is 2.26. The van der Waals surface area contributed by atoms with Crippen molar-refractivity contribution in [1.29, 1.82) is 5.26 Å². The van der Waals surface area contributed by atoms with Crippen LogP contribution in [0.15, 0.2) is 0 Å². The Morgan fingerprint density at radius 2 is 2.20 bits per heavy atom. The first-order chi connectivity index (χ1) is 7.31. The molecule has 0 aliphatic heterocycles. The topological polar surface area (TPSA) is 45.0 Å². The lowest BCUT2D eigenvalue weighted by molar-refractivity contribution is 0.148. The van der Waals surface area contributed by atoms with E-state index in [1.54, 1.807) is 7.11 Å². The lowest BCUT2D eigenvalue weighted by atomic mass is 9.85. The van der Waals surface area contributed by atoms with Crippen molar-refractivity contribution in [3.63, 3.8) is 0 Å². The molecule has 3 nitrogen and oxygen atoms in total. The molecule has 15 heavy (non-hydrogen) atoms. The molecule has 0 aromatic carbocycles. The summed E-state index contributed by atoms with van der Waals surface area (Å²) in [5.74, 6) is 0.199. The van der Waals surface area contributed by atoms with Crippen molar-refractivity contribution in [1.82, 2.24) is 5.32 Å². The van der Waals surface area contributed by atoms with Crippen LogP contribution in [-0.2, 0) is 4.74 Å². The quantitative estimate of drug-likeness (QED) is 0.755. The first-order valence-corrected chi connectivity index (χ1v) is 5.96. The molecule has 0 radical (unpaired) electrons. The number of nitrogens with zero attached hydrogens (tertiary/aromatic N) is 1. The minimum absolute atomic E-state index is 0.199. The molecule has 0 aromatic heterocycles. The van der Waals surface area contributed by atoms with E-state index in [1.165, 1.54) is 12.8 Å². The minimum atomic E-state index is 0.199. The van der Waals surface area contributed by atoms with Crippen molar-refractivity contribution >= 4 is 0 Å². The van der Waals surface area contributed by atoms with E-state index in [0.717, 1.165) is 25.9 Å². The zero-order valence-electron chi connectivity index (χ0n) is 9.83. The first kappa shape index (κ1) is 12.5. The second-order valence-electron chi connectivity index (χ2n) is 4.35. The molecule has 0 spiro atoms. The van der Waals surface area contributed by atoms with Gasteiger partial charge in [0.05, 0.1) is 18.6 Å². The molecular weight excluding hydrogens is 188 g/mol. The summed E-state index contributed by atoms with van der Waals surface area (Å²) in [6.07, 6.45) is 5.70. The fourth-order valence-corrected chi connectivity index (χ4v) is 2.27. The van der Waals surface area contributed by atoms with Crippen molar-refractivity contribution in [2.24, 2.45) is 5.92 Å². The summed E-state index contributed by atoms with van der Waals surface area (Å²) >= 11 is 0. The molecule has 3 unspecified atom stereocenters. The van der Waals surface area contributed by atoms with Gasteiger partial charge in [-0.2, -0.15) is 5.26 Å². The zero-order valence-corrected chi connectivity index (χ0v) is 9.83. The highest BCUT2D eigenvalue weighted by atomic mass is 16.5. The molecule has 3 atom stereocenters. The van der Waals surface area contributed by atoms with E-state index in [0.29, 0.717) is 12.1 Å². The Labute approximate surface area is 92.8 Å². The summed E-state index contributed by atoms with van der Waals surface area (Å²) < 4.78 is 5.16. The largest absolute Gasteiger partial charge is 0.383 e. The van der Waals surface area contributed by atoms with E-state index in [4.69, 9.17) is 10.00 Å². The SMILES string of the molecule is CCC(COC)NC1CCCCC1C#N. The third-order valence-corrected chi connectivity index (χ3v) is 3.24. The van der Waals surface area contributed by atoms with Gasteiger partial charge >= 0.3 is 0 Å². The third kappa shape index (κ3) is 3.81. The van der Waals surface area contributed by atoms with E-state index in [1.807, 2.05) is 0 Å². The van der Waals surface area contributed by atoms with Crippen LogP contribution < -0.4 is 5.32 Å². The van der Waals surface area contributed by atoms with Gasteiger partial charge in [-0.3, -0.25) is 0 Å². The van der Waals surface area contributed by atoms with Gasteiger partial charge in [0.15, 0.2) is 0 Å². The summed E-state index contributed by atoms with van der Waals surface area (Å²) in [5, 5.41) is 12.6. The normalized spacial score (nSPS) is 28.3. The molecule has 0 bridgehead atoms. The van der Waals surface area contributed by atoms with E-state index < -0.39 is 0 Å². The maximum absolute atomic E-state index is 9.06. The van der Waals surface area contributed by atoms with Crippen molar-refractivity contribution in [3.05, 3.63) is 0 Å². The maximum Gasteiger partial charge on any atom is 0.0672 e. The van der Waals surface area contributed by atoms with Crippen LogP contribution in [0.4, 0.5) is 0 Å². The lowest BCUT2D eigenvalue weighted by Gasteiger charge is -2.31. The Bertz CT molecular complexity index is 212. The predicted octanol–water partition coefficient (Wildman–Crippen LogP) is 2.08. The number of ether oxygens (including phenoxy) is 1. The molecule has 1 N–H and O–H groups in total. The van der Waals surface area contributed by atoms with E-state index in [-0.39, 0.29) is 5.92 Å². The van der Waals surface area contributed by atoms with Crippen LogP contribution in [0.2, 0.25) is 0 Å². The highest BCUT2D eigenvalue weighted by molar-refractivity contribution is 4.95. The van der Waals surface area contributed by atoms with Crippen LogP contribution in [0.3, 0.4) is 0 Å². The van der Waals surface area contributed by atoms with E-state index in [9.17, 15) is 0 Å². The molecule has 0 amide bonds. The minimum Gasteiger partial charge on any atom is -0.383 e. The molecule has 1 aliphatic rings. The summed E-state index contributed by atoms with van der Waals surface area (Å²) in [7, 11) is 1.73. The molecule has 3 heteroatoms. The van der Waals surface area contributed by atoms with Gasteiger partial charge in [-0.1, -0.05) is 19.8 Å².